The molecule has 2 fully saturated rings. The second kappa shape index (κ2) is 8.70. The van der Waals surface area contributed by atoms with Gasteiger partial charge in [0.1, 0.15) is 5.69 Å². The number of hydrogen-bond donors (Lipinski definition) is 1. The number of carbonyl (C=O) groups excluding carboxylic acids is 1. The van der Waals surface area contributed by atoms with Crippen LogP contribution in [0.1, 0.15) is 62.9 Å². The number of halogens is 3. The van der Waals surface area contributed by atoms with Gasteiger partial charge in [-0.1, -0.05) is 19.9 Å². The summed E-state index contributed by atoms with van der Waals surface area (Å²) in [4.78, 5) is 19.3. The summed E-state index contributed by atoms with van der Waals surface area (Å²) in [7, 11) is 0. The maximum Gasteiger partial charge on any atom is 0.433 e. The smallest absolute Gasteiger partial charge is 0.381 e. The number of pyridine rings is 1. The molecule has 2 aliphatic heterocycles. The highest BCUT2D eigenvalue weighted by atomic mass is 19.4. The summed E-state index contributed by atoms with van der Waals surface area (Å²) in [5, 5.41) is 3.74. The third-order valence-corrected chi connectivity index (χ3v) is 7.41. The van der Waals surface area contributed by atoms with Crippen LogP contribution >= 0.6 is 0 Å². The van der Waals surface area contributed by atoms with E-state index in [1.807, 2.05) is 0 Å². The van der Waals surface area contributed by atoms with Crippen molar-refractivity contribution < 1.29 is 22.7 Å². The van der Waals surface area contributed by atoms with Crippen LogP contribution in [0, 0.1) is 11.3 Å². The number of aromatic nitrogens is 1. The zero-order valence-electron chi connectivity index (χ0n) is 18.3. The van der Waals surface area contributed by atoms with Gasteiger partial charge in [-0.3, -0.25) is 4.79 Å². The molecule has 3 aliphatic rings. The second-order valence-electron chi connectivity index (χ2n) is 9.58. The van der Waals surface area contributed by atoms with Crippen molar-refractivity contribution in [1.29, 1.82) is 0 Å². The zero-order chi connectivity index (χ0) is 22.2. The van der Waals surface area contributed by atoms with Crippen LogP contribution in [0.4, 0.5) is 13.2 Å². The van der Waals surface area contributed by atoms with Gasteiger partial charge in [-0.05, 0) is 56.1 Å². The second-order valence-corrected chi connectivity index (χ2v) is 9.58. The molecule has 5 nitrogen and oxygen atoms in total. The van der Waals surface area contributed by atoms with E-state index in [1.165, 1.54) is 6.07 Å². The molecule has 0 bridgehead atoms. The number of alkyl halides is 3. The molecule has 1 unspecified atom stereocenters. The SMILES string of the molecule is CC(C)[C@]1(C(=O)N2CCc3ccc(C(F)(F)F)nc3C2)CCC(NC2CCOCC2)C1. The summed E-state index contributed by atoms with van der Waals surface area (Å²) in [6.45, 7) is 6.42. The number of carbonyl (C=O) groups is 1. The number of rotatable bonds is 4. The molecule has 1 aromatic rings. The lowest BCUT2D eigenvalue weighted by Gasteiger charge is -2.39. The minimum Gasteiger partial charge on any atom is -0.381 e. The molecule has 3 heterocycles. The highest BCUT2D eigenvalue weighted by molar-refractivity contribution is 5.83. The van der Waals surface area contributed by atoms with Crippen LogP contribution in [-0.2, 0) is 28.7 Å². The summed E-state index contributed by atoms with van der Waals surface area (Å²) in [6, 6.07) is 3.27. The van der Waals surface area contributed by atoms with Crippen LogP contribution in [0.5, 0.6) is 0 Å². The first-order valence-electron chi connectivity index (χ1n) is 11.4. The number of nitrogens with zero attached hydrogens (tertiary/aromatic N) is 2. The third kappa shape index (κ3) is 4.60. The molecule has 1 aliphatic carbocycles. The number of hydrogen-bond acceptors (Lipinski definition) is 4. The Hall–Kier alpha value is -1.67. The molecule has 1 amide bonds. The van der Waals surface area contributed by atoms with Gasteiger partial charge in [0.25, 0.3) is 0 Å². The first kappa shape index (κ1) is 22.5. The van der Waals surface area contributed by atoms with E-state index in [4.69, 9.17) is 4.74 Å². The van der Waals surface area contributed by atoms with Crippen LogP contribution in [0.15, 0.2) is 12.1 Å². The topological polar surface area (TPSA) is 54.5 Å². The molecule has 4 rings (SSSR count). The van der Waals surface area contributed by atoms with Gasteiger partial charge in [0, 0.05) is 31.8 Å². The normalized spacial score (nSPS) is 27.5. The Bertz CT molecular complexity index is 808. The third-order valence-electron chi connectivity index (χ3n) is 7.41. The van der Waals surface area contributed by atoms with Crippen molar-refractivity contribution in [3.63, 3.8) is 0 Å². The van der Waals surface area contributed by atoms with E-state index in [1.54, 1.807) is 4.90 Å². The lowest BCUT2D eigenvalue weighted by Crippen LogP contribution is -2.49. The maximum atomic E-state index is 13.7. The molecule has 31 heavy (non-hydrogen) atoms. The average molecular weight is 440 g/mol. The number of fused-ring (bicyclic) bond motifs is 1. The Morgan fingerprint density at radius 3 is 2.65 bits per heavy atom. The van der Waals surface area contributed by atoms with Gasteiger partial charge < -0.3 is 15.0 Å². The van der Waals surface area contributed by atoms with Crippen molar-refractivity contribution >= 4 is 5.91 Å². The molecule has 0 spiro atoms. The predicted octanol–water partition coefficient (Wildman–Crippen LogP) is 3.95. The van der Waals surface area contributed by atoms with E-state index in [9.17, 15) is 18.0 Å². The Kier molecular flexibility index (Phi) is 6.32. The van der Waals surface area contributed by atoms with Crippen LogP contribution < -0.4 is 5.32 Å². The van der Waals surface area contributed by atoms with Gasteiger partial charge in [-0.2, -0.15) is 13.2 Å². The maximum absolute atomic E-state index is 13.7. The zero-order valence-corrected chi connectivity index (χ0v) is 18.3. The van der Waals surface area contributed by atoms with E-state index in [0.29, 0.717) is 30.7 Å². The van der Waals surface area contributed by atoms with Gasteiger partial charge >= 0.3 is 6.18 Å². The van der Waals surface area contributed by atoms with Gasteiger partial charge in [0.05, 0.1) is 17.7 Å². The van der Waals surface area contributed by atoms with Crippen molar-refractivity contribution in [3.8, 4) is 0 Å². The van der Waals surface area contributed by atoms with Crippen LogP contribution in [0.3, 0.4) is 0 Å². The van der Waals surface area contributed by atoms with E-state index in [0.717, 1.165) is 56.9 Å². The fourth-order valence-corrected chi connectivity index (χ4v) is 5.44. The molecule has 1 aromatic heterocycles. The molecule has 172 valence electrons. The van der Waals surface area contributed by atoms with E-state index in [2.05, 4.69) is 24.1 Å². The molecule has 1 saturated carbocycles. The molecule has 8 heteroatoms. The lowest BCUT2D eigenvalue weighted by atomic mass is 9.74. The summed E-state index contributed by atoms with van der Waals surface area (Å²) < 4.78 is 44.8. The highest BCUT2D eigenvalue weighted by Gasteiger charge is 2.50. The minimum atomic E-state index is -4.48. The van der Waals surface area contributed by atoms with Gasteiger partial charge in [0.15, 0.2) is 0 Å². The monoisotopic (exact) mass is 439 g/mol. The Labute approximate surface area is 181 Å². The first-order valence-corrected chi connectivity index (χ1v) is 11.4. The van der Waals surface area contributed by atoms with E-state index < -0.39 is 17.3 Å². The molecule has 2 atom stereocenters. The summed E-state index contributed by atoms with van der Waals surface area (Å²) in [6.07, 6.45) is 0.593. The standard InChI is InChI=1S/C23H32F3N3O2/c1-15(2)22(9-5-18(13-22)27-17-7-11-31-12-8-17)21(30)29-10-6-16-3-4-20(23(24,25)26)28-19(16)14-29/h3-4,15,17-18,27H,5-14H2,1-2H3/t18?,22-/m0/s1. The molecule has 1 N–H and O–H groups in total. The number of amides is 1. The molecule has 0 radical (unpaired) electrons. The number of ether oxygens (including phenoxy) is 1. The molecule has 1 saturated heterocycles. The van der Waals surface area contributed by atoms with Crippen LogP contribution in [0.25, 0.3) is 0 Å². The van der Waals surface area contributed by atoms with Crippen LogP contribution in [-0.4, -0.2) is 47.6 Å². The van der Waals surface area contributed by atoms with Crippen molar-refractivity contribution in [2.75, 3.05) is 19.8 Å². The van der Waals surface area contributed by atoms with Gasteiger partial charge in [-0.25, -0.2) is 4.98 Å². The van der Waals surface area contributed by atoms with Crippen molar-refractivity contribution in [2.24, 2.45) is 11.3 Å². The largest absolute Gasteiger partial charge is 0.433 e. The quantitative estimate of drug-likeness (QED) is 0.772. The predicted molar refractivity (Wildman–Crippen MR) is 110 cm³/mol. The number of nitrogens with one attached hydrogen (secondary N) is 1. The Morgan fingerprint density at radius 1 is 1.23 bits per heavy atom. The van der Waals surface area contributed by atoms with E-state index in [-0.39, 0.29) is 18.4 Å². The summed E-state index contributed by atoms with van der Waals surface area (Å²) in [5.41, 5.74) is -0.174. The van der Waals surface area contributed by atoms with Gasteiger partial charge in [0.2, 0.25) is 5.91 Å². The fraction of sp³-hybridized carbons (Fsp3) is 0.739. The highest BCUT2D eigenvalue weighted by Crippen LogP contribution is 2.46. The average Bonchev–Trinajstić information content (AvgIpc) is 3.17. The van der Waals surface area contributed by atoms with Crippen molar-refractivity contribution in [3.05, 3.63) is 29.1 Å². The lowest BCUT2D eigenvalue weighted by molar-refractivity contribution is -0.146. The first-order chi connectivity index (χ1) is 14.7. The van der Waals surface area contributed by atoms with Crippen molar-refractivity contribution in [1.82, 2.24) is 15.2 Å². The Morgan fingerprint density at radius 2 is 1.97 bits per heavy atom. The summed E-state index contributed by atoms with van der Waals surface area (Å²) >= 11 is 0. The fourth-order valence-electron chi connectivity index (χ4n) is 5.44. The molecular formula is C23H32F3N3O2. The Balaban J connectivity index is 1.48. The molecular weight excluding hydrogens is 407 g/mol. The van der Waals surface area contributed by atoms with E-state index >= 15 is 0 Å². The summed E-state index contributed by atoms with van der Waals surface area (Å²) in [5.74, 6) is 0.237. The van der Waals surface area contributed by atoms with Gasteiger partial charge in [-0.15, -0.1) is 0 Å². The minimum absolute atomic E-state index is 0.0728. The van der Waals surface area contributed by atoms with Crippen LogP contribution in [0.2, 0.25) is 0 Å². The molecule has 0 aromatic carbocycles. The van der Waals surface area contributed by atoms with Crippen molar-refractivity contribution in [2.45, 2.75) is 77.2 Å².